The van der Waals surface area contributed by atoms with E-state index in [1.807, 2.05) is 0 Å². The summed E-state index contributed by atoms with van der Waals surface area (Å²) in [5, 5.41) is 0. The van der Waals surface area contributed by atoms with Crippen molar-refractivity contribution in [2.45, 2.75) is 69.5 Å². The van der Waals surface area contributed by atoms with Gasteiger partial charge in [0.15, 0.2) is 0 Å². The molecular weight excluding hydrogens is 364 g/mol. The molecule has 3 saturated heterocycles. The Hall–Kier alpha value is -0.700. The molecule has 1 radical (unpaired) electrons. The summed E-state index contributed by atoms with van der Waals surface area (Å²) in [7, 11) is -3.29. The predicted octanol–water partition coefficient (Wildman–Crippen LogP) is 0.809. The zero-order valence-corrected chi connectivity index (χ0v) is 17.6. The Balaban J connectivity index is 1.67. The lowest BCUT2D eigenvalue weighted by molar-refractivity contribution is -0.130. The van der Waals surface area contributed by atoms with Crippen LogP contribution in [0.1, 0.15) is 51.9 Å². The first-order valence-electron chi connectivity index (χ1n) is 10.4. The average molecular weight is 400 g/mol. The largest absolute Gasteiger partial charge is 0.368 e. The minimum atomic E-state index is -3.29. The summed E-state index contributed by atoms with van der Waals surface area (Å²) >= 11 is 0. The Labute approximate surface area is 164 Å². The van der Waals surface area contributed by atoms with Crippen LogP contribution in [0, 0.1) is 6.42 Å². The molecular formula is C19H35N4O3S. The molecule has 155 valence electrons. The summed E-state index contributed by atoms with van der Waals surface area (Å²) in [5.74, 6) is -0.264. The first-order chi connectivity index (χ1) is 12.8. The third kappa shape index (κ3) is 4.33. The molecule has 0 saturated carbocycles. The molecule has 2 N–H and O–H groups in total. The number of sulfonamides is 1. The van der Waals surface area contributed by atoms with Crippen molar-refractivity contribution in [3.8, 4) is 0 Å². The monoisotopic (exact) mass is 399 g/mol. The fraction of sp³-hybridized carbons (Fsp3) is 0.895. The lowest BCUT2D eigenvalue weighted by Gasteiger charge is -2.44. The maximum Gasteiger partial charge on any atom is 0.237 e. The van der Waals surface area contributed by atoms with Crippen molar-refractivity contribution in [2.75, 3.05) is 39.0 Å². The average Bonchev–Trinajstić information content (AvgIpc) is 2.81. The molecule has 0 aromatic rings. The minimum absolute atomic E-state index is 0.0617. The zero-order chi connectivity index (χ0) is 19.7. The van der Waals surface area contributed by atoms with E-state index in [9.17, 15) is 13.2 Å². The Morgan fingerprint density at radius 3 is 2.56 bits per heavy atom. The van der Waals surface area contributed by atoms with Gasteiger partial charge in [0.2, 0.25) is 15.9 Å². The summed E-state index contributed by atoms with van der Waals surface area (Å²) in [4.78, 5) is 16.8. The summed E-state index contributed by atoms with van der Waals surface area (Å²) in [6.07, 6.45) is 9.78. The molecule has 3 fully saturated rings. The van der Waals surface area contributed by atoms with E-state index in [1.165, 1.54) is 6.26 Å². The second-order valence-corrected chi connectivity index (χ2v) is 10.4. The van der Waals surface area contributed by atoms with Crippen LogP contribution in [0.3, 0.4) is 0 Å². The van der Waals surface area contributed by atoms with Gasteiger partial charge in [-0.15, -0.1) is 0 Å². The van der Waals surface area contributed by atoms with E-state index in [-0.39, 0.29) is 11.9 Å². The molecule has 3 aliphatic rings. The maximum atomic E-state index is 12.5. The summed E-state index contributed by atoms with van der Waals surface area (Å²) < 4.78 is 26.7. The zero-order valence-electron chi connectivity index (χ0n) is 16.8. The van der Waals surface area contributed by atoms with Crippen LogP contribution < -0.4 is 5.73 Å². The quantitative estimate of drug-likeness (QED) is 0.653. The number of fused-ring (bicyclic) bond motifs is 2. The third-order valence-electron chi connectivity index (χ3n) is 6.75. The van der Waals surface area contributed by atoms with Gasteiger partial charge in [0, 0.05) is 25.2 Å². The normalized spacial score (nSPS) is 30.9. The number of carbonyl (C=O) groups excluding carboxylic acids is 1. The molecule has 8 heteroatoms. The maximum absolute atomic E-state index is 12.5. The van der Waals surface area contributed by atoms with Crippen LogP contribution in [-0.2, 0) is 14.8 Å². The topological polar surface area (TPSA) is 86.9 Å². The van der Waals surface area contributed by atoms with Gasteiger partial charge < -0.3 is 10.6 Å². The van der Waals surface area contributed by atoms with Crippen molar-refractivity contribution in [3.63, 3.8) is 0 Å². The van der Waals surface area contributed by atoms with Crippen molar-refractivity contribution in [2.24, 2.45) is 5.73 Å². The van der Waals surface area contributed by atoms with Crippen LogP contribution >= 0.6 is 0 Å². The number of nitrogens with zero attached hydrogens (tertiary/aromatic N) is 3. The molecule has 3 aliphatic heterocycles. The molecule has 0 aromatic carbocycles. The fourth-order valence-electron chi connectivity index (χ4n) is 5.37. The molecule has 7 nitrogen and oxygen atoms in total. The Kier molecular flexibility index (Phi) is 6.50. The van der Waals surface area contributed by atoms with Gasteiger partial charge >= 0.3 is 0 Å². The SMILES string of the molecule is CCCN1CCC(N(CCN2[C@@H]3C[CH]C[C@@]2(C(N)=O)CC3)S(C)(=O)=O)CC1. The third-order valence-corrected chi connectivity index (χ3v) is 8.09. The number of piperidine rings is 2. The highest BCUT2D eigenvalue weighted by Crippen LogP contribution is 2.43. The van der Waals surface area contributed by atoms with Crippen LogP contribution in [-0.4, -0.2) is 85.0 Å². The number of hydrogen-bond acceptors (Lipinski definition) is 5. The molecule has 3 rings (SSSR count). The van der Waals surface area contributed by atoms with Gasteiger partial charge in [-0.2, -0.15) is 4.31 Å². The predicted molar refractivity (Wildman–Crippen MR) is 106 cm³/mol. The van der Waals surface area contributed by atoms with Gasteiger partial charge in [0.25, 0.3) is 0 Å². The van der Waals surface area contributed by atoms with E-state index in [2.05, 4.69) is 23.1 Å². The smallest absolute Gasteiger partial charge is 0.237 e. The number of primary amides is 1. The summed E-state index contributed by atoms with van der Waals surface area (Å²) in [6, 6.07) is 0.380. The molecule has 27 heavy (non-hydrogen) atoms. The highest BCUT2D eigenvalue weighted by molar-refractivity contribution is 7.88. The first-order valence-corrected chi connectivity index (χ1v) is 12.2. The van der Waals surface area contributed by atoms with Crippen LogP contribution in [0.25, 0.3) is 0 Å². The fourth-order valence-corrected chi connectivity index (χ4v) is 6.53. The molecule has 0 spiro atoms. The second-order valence-electron chi connectivity index (χ2n) is 8.46. The van der Waals surface area contributed by atoms with Gasteiger partial charge in [-0.3, -0.25) is 9.69 Å². The van der Waals surface area contributed by atoms with Crippen molar-refractivity contribution in [1.82, 2.24) is 14.1 Å². The number of amides is 1. The van der Waals surface area contributed by atoms with Gasteiger partial charge in [0.05, 0.1) is 6.26 Å². The van der Waals surface area contributed by atoms with E-state index >= 15 is 0 Å². The minimum Gasteiger partial charge on any atom is -0.368 e. The Morgan fingerprint density at radius 1 is 1.26 bits per heavy atom. The van der Waals surface area contributed by atoms with E-state index in [0.717, 1.165) is 58.2 Å². The van der Waals surface area contributed by atoms with Crippen LogP contribution in [0.5, 0.6) is 0 Å². The van der Waals surface area contributed by atoms with Gasteiger partial charge in [-0.05, 0) is 71.0 Å². The van der Waals surface area contributed by atoms with E-state index in [1.54, 1.807) is 4.31 Å². The molecule has 0 aromatic heterocycles. The standard InChI is InChI=1S/C19H35N4O3S/c1-3-11-21-12-7-17(8-13-21)23(27(2,25)26)15-14-22-16-5-4-9-19(22,10-6-16)18(20)24/h4,16-17H,3,5-15H2,1-2H3,(H2,20,24)/t16-,19+/m1/s1. The number of carbonyl (C=O) groups is 1. The number of nitrogens with two attached hydrogens (primary N) is 1. The van der Waals surface area contributed by atoms with Gasteiger partial charge in [-0.25, -0.2) is 8.42 Å². The Bertz CT molecular complexity index is 629. The van der Waals surface area contributed by atoms with E-state index < -0.39 is 15.6 Å². The van der Waals surface area contributed by atoms with E-state index in [0.29, 0.717) is 25.6 Å². The van der Waals surface area contributed by atoms with Crippen molar-refractivity contribution < 1.29 is 13.2 Å². The molecule has 3 heterocycles. The molecule has 2 bridgehead atoms. The summed E-state index contributed by atoms with van der Waals surface area (Å²) in [6.45, 7) is 6.20. The molecule has 0 unspecified atom stereocenters. The van der Waals surface area contributed by atoms with Gasteiger partial charge in [-0.1, -0.05) is 6.92 Å². The van der Waals surface area contributed by atoms with E-state index in [4.69, 9.17) is 5.73 Å². The molecule has 0 aliphatic carbocycles. The lowest BCUT2D eigenvalue weighted by atomic mass is 9.87. The van der Waals surface area contributed by atoms with Gasteiger partial charge in [0.1, 0.15) is 5.54 Å². The molecule has 2 atom stereocenters. The number of likely N-dealkylation sites (tertiary alicyclic amines) is 1. The lowest BCUT2D eigenvalue weighted by Crippen LogP contribution is -2.60. The van der Waals surface area contributed by atoms with Crippen molar-refractivity contribution in [3.05, 3.63) is 6.42 Å². The summed E-state index contributed by atoms with van der Waals surface area (Å²) in [5.41, 5.74) is 5.17. The highest BCUT2D eigenvalue weighted by atomic mass is 32.2. The second kappa shape index (κ2) is 8.35. The Morgan fingerprint density at radius 2 is 1.96 bits per heavy atom. The number of hydrogen-bond donors (Lipinski definition) is 1. The molecule has 1 amide bonds. The van der Waals surface area contributed by atoms with Crippen LogP contribution in [0.2, 0.25) is 0 Å². The van der Waals surface area contributed by atoms with Crippen LogP contribution in [0.15, 0.2) is 0 Å². The first kappa shape index (κ1) is 21.0. The number of rotatable bonds is 8. The van der Waals surface area contributed by atoms with Crippen molar-refractivity contribution >= 4 is 15.9 Å². The van der Waals surface area contributed by atoms with Crippen molar-refractivity contribution in [1.29, 1.82) is 0 Å². The van der Waals surface area contributed by atoms with Crippen LogP contribution in [0.4, 0.5) is 0 Å². The highest BCUT2D eigenvalue weighted by Gasteiger charge is 2.52.